The lowest BCUT2D eigenvalue weighted by Crippen LogP contribution is -2.30. The third kappa shape index (κ3) is 2.49. The van der Waals surface area contributed by atoms with E-state index in [0.717, 1.165) is 4.88 Å². The Bertz CT molecular complexity index is 436. The third-order valence-electron chi connectivity index (χ3n) is 2.32. The molecular weight excluding hydrogens is 222 g/mol. The average Bonchev–Trinajstić information content (AvgIpc) is 2.96. The van der Waals surface area contributed by atoms with Crippen LogP contribution >= 0.6 is 11.3 Å². The number of amides is 1. The maximum atomic E-state index is 11.8. The van der Waals surface area contributed by atoms with Gasteiger partial charge < -0.3 is 5.32 Å². The highest BCUT2D eigenvalue weighted by Gasteiger charge is 2.14. The van der Waals surface area contributed by atoms with Crippen molar-refractivity contribution in [3.8, 4) is 0 Å². The van der Waals surface area contributed by atoms with E-state index in [2.05, 4.69) is 10.4 Å². The van der Waals surface area contributed by atoms with E-state index in [9.17, 15) is 4.79 Å². The Balaban J connectivity index is 1.89. The molecule has 2 heterocycles. The molecule has 4 nitrogen and oxygen atoms in total. The molecule has 0 fully saturated rings. The van der Waals surface area contributed by atoms with Gasteiger partial charge >= 0.3 is 0 Å². The molecule has 1 atom stereocenters. The molecule has 0 radical (unpaired) electrons. The van der Waals surface area contributed by atoms with Gasteiger partial charge in [0.1, 0.15) is 6.04 Å². The monoisotopic (exact) mass is 235 g/mol. The predicted molar refractivity (Wildman–Crippen MR) is 63.1 cm³/mol. The first-order chi connectivity index (χ1) is 7.77. The summed E-state index contributed by atoms with van der Waals surface area (Å²) in [6, 6.07) is 5.52. The highest BCUT2D eigenvalue weighted by Crippen LogP contribution is 2.09. The van der Waals surface area contributed by atoms with Crippen LogP contribution in [0.25, 0.3) is 0 Å². The summed E-state index contributed by atoms with van der Waals surface area (Å²) in [4.78, 5) is 12.9. The van der Waals surface area contributed by atoms with Gasteiger partial charge in [-0.15, -0.1) is 11.3 Å². The highest BCUT2D eigenvalue weighted by molar-refractivity contribution is 7.09. The zero-order valence-electron chi connectivity index (χ0n) is 8.96. The van der Waals surface area contributed by atoms with Gasteiger partial charge in [0.25, 0.3) is 0 Å². The first kappa shape index (κ1) is 10.9. The lowest BCUT2D eigenvalue weighted by molar-refractivity contribution is -0.124. The van der Waals surface area contributed by atoms with Crippen molar-refractivity contribution in [1.82, 2.24) is 15.1 Å². The molecule has 16 heavy (non-hydrogen) atoms. The van der Waals surface area contributed by atoms with Crippen LogP contribution in [0.5, 0.6) is 0 Å². The summed E-state index contributed by atoms with van der Waals surface area (Å²) in [7, 11) is 0. The van der Waals surface area contributed by atoms with Crippen molar-refractivity contribution < 1.29 is 4.79 Å². The SMILES string of the molecule is C[C@H](C(=O)NCc1cccs1)n1cccn1. The standard InChI is InChI=1S/C11H13N3OS/c1-9(14-6-3-5-13-14)11(15)12-8-10-4-2-7-16-10/h2-7,9H,8H2,1H3,(H,12,15)/t9-/m1/s1. The molecule has 0 saturated heterocycles. The lowest BCUT2D eigenvalue weighted by atomic mass is 10.3. The predicted octanol–water partition coefficient (Wildman–Crippen LogP) is 1.82. The van der Waals surface area contributed by atoms with Gasteiger partial charge in [0.15, 0.2) is 0 Å². The van der Waals surface area contributed by atoms with E-state index in [1.165, 1.54) is 0 Å². The molecule has 0 unspecified atom stereocenters. The maximum absolute atomic E-state index is 11.8. The molecule has 0 bridgehead atoms. The van der Waals surface area contributed by atoms with Crippen LogP contribution in [0, 0.1) is 0 Å². The smallest absolute Gasteiger partial charge is 0.244 e. The molecule has 2 aromatic rings. The normalized spacial score (nSPS) is 12.3. The summed E-state index contributed by atoms with van der Waals surface area (Å²) in [6.07, 6.45) is 3.46. The molecule has 0 aromatic carbocycles. The van der Waals surface area contributed by atoms with Crippen LogP contribution in [0.4, 0.5) is 0 Å². The fourth-order valence-electron chi connectivity index (χ4n) is 1.36. The highest BCUT2D eigenvalue weighted by atomic mass is 32.1. The Labute approximate surface area is 97.9 Å². The molecule has 5 heteroatoms. The number of rotatable bonds is 4. The molecule has 0 saturated carbocycles. The topological polar surface area (TPSA) is 46.9 Å². The Morgan fingerprint density at radius 1 is 1.62 bits per heavy atom. The second-order valence-electron chi connectivity index (χ2n) is 3.46. The van der Waals surface area contributed by atoms with E-state index in [1.54, 1.807) is 28.4 Å². The van der Waals surface area contributed by atoms with E-state index in [-0.39, 0.29) is 11.9 Å². The zero-order valence-corrected chi connectivity index (χ0v) is 9.78. The fraction of sp³-hybridized carbons (Fsp3) is 0.273. The van der Waals surface area contributed by atoms with Crippen LogP contribution in [-0.4, -0.2) is 15.7 Å². The number of nitrogens with zero attached hydrogens (tertiary/aromatic N) is 2. The third-order valence-corrected chi connectivity index (χ3v) is 3.19. The number of hydrogen-bond donors (Lipinski definition) is 1. The molecule has 2 aromatic heterocycles. The number of thiophene rings is 1. The van der Waals surface area contributed by atoms with Gasteiger partial charge in [0, 0.05) is 17.3 Å². The summed E-state index contributed by atoms with van der Waals surface area (Å²) >= 11 is 1.64. The first-order valence-corrected chi connectivity index (χ1v) is 5.94. The number of hydrogen-bond acceptors (Lipinski definition) is 3. The Morgan fingerprint density at radius 3 is 3.12 bits per heavy atom. The molecule has 0 spiro atoms. The molecule has 84 valence electrons. The molecular formula is C11H13N3OS. The zero-order chi connectivity index (χ0) is 11.4. The molecule has 0 aliphatic heterocycles. The Kier molecular flexibility index (Phi) is 3.36. The van der Waals surface area contributed by atoms with Crippen molar-refractivity contribution in [3.63, 3.8) is 0 Å². The van der Waals surface area contributed by atoms with Gasteiger partial charge in [0.2, 0.25) is 5.91 Å². The summed E-state index contributed by atoms with van der Waals surface area (Å²) in [5.74, 6) is -0.0166. The number of aromatic nitrogens is 2. The van der Waals surface area contributed by atoms with E-state index in [4.69, 9.17) is 0 Å². The van der Waals surface area contributed by atoms with Crippen molar-refractivity contribution in [2.45, 2.75) is 19.5 Å². The van der Waals surface area contributed by atoms with Crippen LogP contribution < -0.4 is 5.32 Å². The van der Waals surface area contributed by atoms with Crippen LogP contribution in [0.1, 0.15) is 17.8 Å². The minimum absolute atomic E-state index is 0.0166. The fourth-order valence-corrected chi connectivity index (χ4v) is 2.01. The van der Waals surface area contributed by atoms with Gasteiger partial charge in [-0.3, -0.25) is 9.48 Å². The lowest BCUT2D eigenvalue weighted by Gasteiger charge is -2.11. The van der Waals surface area contributed by atoms with Crippen molar-refractivity contribution in [2.75, 3.05) is 0 Å². The molecule has 0 aliphatic rings. The Hall–Kier alpha value is -1.62. The summed E-state index contributed by atoms with van der Waals surface area (Å²) in [5, 5.41) is 8.92. The minimum atomic E-state index is -0.269. The van der Waals surface area contributed by atoms with Crippen LogP contribution in [-0.2, 0) is 11.3 Å². The average molecular weight is 235 g/mol. The number of nitrogens with one attached hydrogen (secondary N) is 1. The second-order valence-corrected chi connectivity index (χ2v) is 4.49. The molecule has 2 rings (SSSR count). The van der Waals surface area contributed by atoms with E-state index in [1.807, 2.05) is 30.5 Å². The van der Waals surface area contributed by atoms with E-state index < -0.39 is 0 Å². The van der Waals surface area contributed by atoms with Crippen LogP contribution in [0.3, 0.4) is 0 Å². The van der Waals surface area contributed by atoms with Crippen molar-refractivity contribution in [2.24, 2.45) is 0 Å². The first-order valence-electron chi connectivity index (χ1n) is 5.06. The van der Waals surface area contributed by atoms with Crippen molar-refractivity contribution in [1.29, 1.82) is 0 Å². The molecule has 1 amide bonds. The van der Waals surface area contributed by atoms with Gasteiger partial charge in [-0.05, 0) is 24.4 Å². The van der Waals surface area contributed by atoms with Crippen LogP contribution in [0.15, 0.2) is 36.0 Å². The van der Waals surface area contributed by atoms with Gasteiger partial charge in [-0.1, -0.05) is 6.07 Å². The molecule has 1 N–H and O–H groups in total. The van der Waals surface area contributed by atoms with Crippen LogP contribution in [0.2, 0.25) is 0 Å². The van der Waals surface area contributed by atoms with Crippen molar-refractivity contribution >= 4 is 17.2 Å². The van der Waals surface area contributed by atoms with Gasteiger partial charge in [-0.25, -0.2) is 0 Å². The summed E-state index contributed by atoms with van der Waals surface area (Å²) in [5.41, 5.74) is 0. The number of carbonyl (C=O) groups is 1. The van der Waals surface area contributed by atoms with Gasteiger partial charge in [0.05, 0.1) is 6.54 Å². The summed E-state index contributed by atoms with van der Waals surface area (Å²) in [6.45, 7) is 2.42. The summed E-state index contributed by atoms with van der Waals surface area (Å²) < 4.78 is 1.64. The quantitative estimate of drug-likeness (QED) is 0.878. The number of carbonyl (C=O) groups excluding carboxylic acids is 1. The van der Waals surface area contributed by atoms with E-state index in [0.29, 0.717) is 6.54 Å². The Morgan fingerprint density at radius 2 is 2.50 bits per heavy atom. The van der Waals surface area contributed by atoms with Gasteiger partial charge in [-0.2, -0.15) is 5.10 Å². The van der Waals surface area contributed by atoms with E-state index >= 15 is 0 Å². The maximum Gasteiger partial charge on any atom is 0.244 e. The second kappa shape index (κ2) is 4.94. The molecule has 0 aliphatic carbocycles. The largest absolute Gasteiger partial charge is 0.349 e. The van der Waals surface area contributed by atoms with Crippen molar-refractivity contribution in [3.05, 3.63) is 40.8 Å². The minimum Gasteiger partial charge on any atom is -0.349 e.